The van der Waals surface area contributed by atoms with Crippen molar-refractivity contribution in [3.05, 3.63) is 24.3 Å². The van der Waals surface area contributed by atoms with Crippen molar-refractivity contribution in [2.24, 2.45) is 0 Å². The van der Waals surface area contributed by atoms with Crippen molar-refractivity contribution in [3.8, 4) is 0 Å². The fourth-order valence-electron chi connectivity index (χ4n) is 1.47. The smallest absolute Gasteiger partial charge is 0.326 e. The van der Waals surface area contributed by atoms with Crippen LogP contribution in [0.25, 0.3) is 0 Å². The van der Waals surface area contributed by atoms with Crippen LogP contribution in [0.1, 0.15) is 6.92 Å². The van der Waals surface area contributed by atoms with Crippen molar-refractivity contribution in [1.29, 1.82) is 0 Å². The van der Waals surface area contributed by atoms with E-state index in [4.69, 9.17) is 4.74 Å². The number of likely N-dealkylation sites (N-methyl/N-ethyl adjacent to an activating group) is 1. The van der Waals surface area contributed by atoms with E-state index < -0.39 is 15.4 Å². The van der Waals surface area contributed by atoms with Crippen molar-refractivity contribution >= 4 is 27.6 Å². The molecule has 0 fully saturated rings. The number of hydrogen-bond acceptors (Lipinski definition) is 6. The minimum Gasteiger partial charge on any atom is -0.468 e. The van der Waals surface area contributed by atoms with Gasteiger partial charge >= 0.3 is 5.97 Å². The van der Waals surface area contributed by atoms with E-state index in [1.807, 2.05) is 0 Å². The SMILES string of the molecule is CNC(C)(CSc1ccc(S(C)(=O)=O)cc1)C(=O)OC. The first-order valence-corrected chi connectivity index (χ1v) is 8.81. The molecule has 0 saturated heterocycles. The normalized spacial score (nSPS) is 14.6. The number of sulfone groups is 1. The Kier molecular flexibility index (Phi) is 5.61. The molecule has 1 unspecified atom stereocenters. The Morgan fingerprint density at radius 2 is 1.90 bits per heavy atom. The number of rotatable bonds is 6. The maximum Gasteiger partial charge on any atom is 0.326 e. The minimum atomic E-state index is -3.18. The molecular weight excluding hydrogens is 298 g/mol. The number of hydrogen-bond donors (Lipinski definition) is 1. The zero-order chi connectivity index (χ0) is 15.4. The minimum absolute atomic E-state index is 0.284. The number of methoxy groups -OCH3 is 1. The Hall–Kier alpha value is -1.05. The molecular formula is C13H19NO4S2. The number of esters is 1. The van der Waals surface area contributed by atoms with E-state index in [9.17, 15) is 13.2 Å². The molecule has 1 N–H and O–H groups in total. The van der Waals surface area contributed by atoms with E-state index in [1.165, 1.54) is 25.1 Å². The Bertz CT molecular complexity index is 569. The monoisotopic (exact) mass is 317 g/mol. The lowest BCUT2D eigenvalue weighted by Gasteiger charge is -2.25. The van der Waals surface area contributed by atoms with Gasteiger partial charge in [-0.05, 0) is 38.2 Å². The Balaban J connectivity index is 2.78. The van der Waals surface area contributed by atoms with Gasteiger partial charge in [-0.25, -0.2) is 8.42 Å². The van der Waals surface area contributed by atoms with Gasteiger partial charge in [-0.1, -0.05) is 0 Å². The molecule has 20 heavy (non-hydrogen) atoms. The molecule has 0 radical (unpaired) electrons. The van der Waals surface area contributed by atoms with Crippen LogP contribution in [-0.4, -0.2) is 46.1 Å². The summed E-state index contributed by atoms with van der Waals surface area (Å²) < 4.78 is 27.5. The van der Waals surface area contributed by atoms with Gasteiger partial charge in [0, 0.05) is 16.9 Å². The summed E-state index contributed by atoms with van der Waals surface area (Å²) >= 11 is 1.46. The lowest BCUT2D eigenvalue weighted by atomic mass is 10.1. The average molecular weight is 317 g/mol. The first-order valence-electron chi connectivity index (χ1n) is 5.93. The van der Waals surface area contributed by atoms with Gasteiger partial charge in [-0.15, -0.1) is 11.8 Å². The number of nitrogens with one attached hydrogen (secondary N) is 1. The topological polar surface area (TPSA) is 72.5 Å². The molecule has 7 heteroatoms. The molecule has 112 valence electrons. The second kappa shape index (κ2) is 6.60. The highest BCUT2D eigenvalue weighted by molar-refractivity contribution is 7.99. The fraction of sp³-hybridized carbons (Fsp3) is 0.462. The van der Waals surface area contributed by atoms with Gasteiger partial charge in [0.2, 0.25) is 0 Å². The number of carbonyl (C=O) groups is 1. The zero-order valence-electron chi connectivity index (χ0n) is 12.0. The molecule has 1 aromatic carbocycles. The first-order chi connectivity index (χ1) is 9.23. The summed E-state index contributed by atoms with van der Waals surface area (Å²) in [5.41, 5.74) is -0.783. The maximum atomic E-state index is 11.7. The number of benzene rings is 1. The van der Waals surface area contributed by atoms with Crippen LogP contribution in [0.15, 0.2) is 34.1 Å². The number of ether oxygens (including phenoxy) is 1. The quantitative estimate of drug-likeness (QED) is 0.630. The molecule has 0 aromatic heterocycles. The van der Waals surface area contributed by atoms with E-state index in [-0.39, 0.29) is 10.9 Å². The van der Waals surface area contributed by atoms with Crippen LogP contribution in [0.5, 0.6) is 0 Å². The molecule has 0 amide bonds. The lowest BCUT2D eigenvalue weighted by Crippen LogP contribution is -2.50. The fourth-order valence-corrected chi connectivity index (χ4v) is 3.15. The third kappa shape index (κ3) is 4.22. The maximum absolute atomic E-state index is 11.7. The zero-order valence-corrected chi connectivity index (χ0v) is 13.6. The summed E-state index contributed by atoms with van der Waals surface area (Å²) in [5.74, 6) is 0.147. The molecule has 0 aliphatic carbocycles. The van der Waals surface area contributed by atoms with Gasteiger partial charge in [0.1, 0.15) is 5.54 Å². The second-order valence-electron chi connectivity index (χ2n) is 4.61. The van der Waals surface area contributed by atoms with Gasteiger partial charge in [-0.2, -0.15) is 0 Å². The van der Waals surface area contributed by atoms with E-state index in [1.54, 1.807) is 38.2 Å². The Labute approximate surface area is 124 Å². The standard InChI is InChI=1S/C13H19NO4S2/c1-13(14-2,12(15)18-3)9-19-10-5-7-11(8-6-10)20(4,16)17/h5-8,14H,9H2,1-4H3. The molecule has 0 heterocycles. The third-order valence-corrected chi connectivity index (χ3v) is 5.42. The average Bonchev–Trinajstić information content (AvgIpc) is 2.43. The van der Waals surface area contributed by atoms with Gasteiger partial charge < -0.3 is 10.1 Å². The van der Waals surface area contributed by atoms with Crippen LogP contribution in [0.4, 0.5) is 0 Å². The van der Waals surface area contributed by atoms with E-state index in [0.717, 1.165) is 4.90 Å². The molecule has 0 aliphatic heterocycles. The van der Waals surface area contributed by atoms with Crippen molar-refractivity contribution in [3.63, 3.8) is 0 Å². The van der Waals surface area contributed by atoms with Gasteiger partial charge in [-0.3, -0.25) is 4.79 Å². The Morgan fingerprint density at radius 3 is 2.30 bits per heavy atom. The van der Waals surface area contributed by atoms with Gasteiger partial charge in [0.25, 0.3) is 0 Å². The van der Waals surface area contributed by atoms with E-state index >= 15 is 0 Å². The van der Waals surface area contributed by atoms with Crippen LogP contribution >= 0.6 is 11.8 Å². The number of thioether (sulfide) groups is 1. The highest BCUT2D eigenvalue weighted by atomic mass is 32.2. The largest absolute Gasteiger partial charge is 0.468 e. The van der Waals surface area contributed by atoms with Crippen molar-refractivity contribution < 1.29 is 17.9 Å². The summed E-state index contributed by atoms with van der Waals surface area (Å²) in [6, 6.07) is 6.59. The molecule has 0 aliphatic rings. The van der Waals surface area contributed by atoms with Crippen LogP contribution in [0.2, 0.25) is 0 Å². The van der Waals surface area contributed by atoms with Crippen LogP contribution < -0.4 is 5.32 Å². The molecule has 0 spiro atoms. The van der Waals surface area contributed by atoms with E-state index in [0.29, 0.717) is 5.75 Å². The van der Waals surface area contributed by atoms with Crippen molar-refractivity contribution in [2.75, 3.05) is 26.2 Å². The summed E-state index contributed by atoms with van der Waals surface area (Å²) in [5, 5.41) is 2.94. The molecule has 0 bridgehead atoms. The number of carbonyl (C=O) groups excluding carboxylic acids is 1. The highest BCUT2D eigenvalue weighted by Gasteiger charge is 2.32. The summed E-state index contributed by atoms with van der Waals surface area (Å²) in [4.78, 5) is 12.9. The predicted octanol–water partition coefficient (Wildman–Crippen LogP) is 1.33. The Morgan fingerprint density at radius 1 is 1.35 bits per heavy atom. The third-order valence-electron chi connectivity index (χ3n) is 2.97. The summed E-state index contributed by atoms with van der Waals surface area (Å²) in [6.45, 7) is 1.76. The molecule has 1 rings (SSSR count). The van der Waals surface area contributed by atoms with Crippen molar-refractivity contribution in [1.82, 2.24) is 5.32 Å². The molecule has 5 nitrogen and oxygen atoms in total. The van der Waals surface area contributed by atoms with Gasteiger partial charge in [0.05, 0.1) is 12.0 Å². The second-order valence-corrected chi connectivity index (χ2v) is 7.67. The van der Waals surface area contributed by atoms with Crippen LogP contribution in [0.3, 0.4) is 0 Å². The van der Waals surface area contributed by atoms with E-state index in [2.05, 4.69) is 5.32 Å². The highest BCUT2D eigenvalue weighted by Crippen LogP contribution is 2.24. The lowest BCUT2D eigenvalue weighted by molar-refractivity contribution is -0.146. The summed E-state index contributed by atoms with van der Waals surface area (Å²) in [7, 11) is -0.131. The predicted molar refractivity (Wildman–Crippen MR) is 79.8 cm³/mol. The van der Waals surface area contributed by atoms with Crippen LogP contribution in [0, 0.1) is 0 Å². The molecule has 0 saturated carbocycles. The summed E-state index contributed by atoms with van der Waals surface area (Å²) in [6.07, 6.45) is 1.17. The van der Waals surface area contributed by atoms with Crippen molar-refractivity contribution in [2.45, 2.75) is 22.3 Å². The van der Waals surface area contributed by atoms with Crippen LogP contribution in [-0.2, 0) is 19.4 Å². The molecule has 1 atom stereocenters. The van der Waals surface area contributed by atoms with Gasteiger partial charge in [0.15, 0.2) is 9.84 Å². The first kappa shape index (κ1) is 17.0. The molecule has 1 aromatic rings.